The largest absolute Gasteiger partial charge is 0.480 e. The topological polar surface area (TPSA) is 71.5 Å². The zero-order valence-corrected chi connectivity index (χ0v) is 9.98. The van der Waals surface area contributed by atoms with Gasteiger partial charge in [0, 0.05) is 29.7 Å². The molecular formula is C10H11BrN2O3. The summed E-state index contributed by atoms with van der Waals surface area (Å²) in [6.07, 6.45) is 1.98. The van der Waals surface area contributed by atoms with Crippen LogP contribution in [0.4, 0.5) is 0 Å². The van der Waals surface area contributed by atoms with E-state index in [1.165, 1.54) is 0 Å². The highest BCUT2D eigenvalue weighted by Gasteiger charge is 2.30. The van der Waals surface area contributed by atoms with Crippen molar-refractivity contribution in [2.75, 3.05) is 6.54 Å². The summed E-state index contributed by atoms with van der Waals surface area (Å²) in [5.74, 6) is -0.323. The van der Waals surface area contributed by atoms with E-state index in [4.69, 9.17) is 9.84 Å². The smallest absolute Gasteiger partial charge is 0.320 e. The van der Waals surface area contributed by atoms with Crippen molar-refractivity contribution < 1.29 is 14.6 Å². The van der Waals surface area contributed by atoms with Gasteiger partial charge in [-0.15, -0.1) is 0 Å². The number of aromatic nitrogens is 1. The lowest BCUT2D eigenvalue weighted by Gasteiger charge is -2.11. The number of nitrogens with one attached hydrogen (secondary N) is 1. The number of nitrogens with zero attached hydrogens (tertiary/aromatic N) is 1. The lowest BCUT2D eigenvalue weighted by Crippen LogP contribution is -2.30. The minimum atomic E-state index is -0.838. The van der Waals surface area contributed by atoms with E-state index in [9.17, 15) is 4.79 Å². The molecule has 86 valence electrons. The molecule has 0 aromatic carbocycles. The van der Waals surface area contributed by atoms with Crippen LogP contribution in [0.15, 0.2) is 22.8 Å². The van der Waals surface area contributed by atoms with E-state index in [2.05, 4.69) is 26.2 Å². The van der Waals surface area contributed by atoms with Crippen LogP contribution in [0.3, 0.4) is 0 Å². The number of rotatable bonds is 3. The van der Waals surface area contributed by atoms with Gasteiger partial charge in [0.15, 0.2) is 0 Å². The number of pyridine rings is 1. The van der Waals surface area contributed by atoms with Crippen molar-refractivity contribution in [3.63, 3.8) is 0 Å². The molecule has 2 rings (SSSR count). The molecule has 0 radical (unpaired) electrons. The van der Waals surface area contributed by atoms with Crippen LogP contribution in [0.1, 0.15) is 6.42 Å². The second kappa shape index (κ2) is 4.80. The van der Waals surface area contributed by atoms with E-state index in [-0.39, 0.29) is 6.10 Å². The Kier molecular flexibility index (Phi) is 3.40. The SMILES string of the molecule is O=C(O)C1CC(Oc2ccc(Br)cn2)CN1. The molecule has 5 nitrogen and oxygen atoms in total. The fourth-order valence-electron chi connectivity index (χ4n) is 1.58. The number of carbonyl (C=O) groups is 1. The first-order chi connectivity index (χ1) is 7.65. The monoisotopic (exact) mass is 286 g/mol. The molecule has 2 N–H and O–H groups in total. The third-order valence-electron chi connectivity index (χ3n) is 2.38. The Labute approximate surface area is 101 Å². The molecule has 2 atom stereocenters. The second-order valence-corrected chi connectivity index (χ2v) is 4.50. The fraction of sp³-hybridized carbons (Fsp3) is 0.400. The highest BCUT2D eigenvalue weighted by atomic mass is 79.9. The fourth-order valence-corrected chi connectivity index (χ4v) is 1.82. The zero-order valence-electron chi connectivity index (χ0n) is 8.39. The molecule has 1 aliphatic heterocycles. The van der Waals surface area contributed by atoms with E-state index >= 15 is 0 Å². The van der Waals surface area contributed by atoms with Gasteiger partial charge in [-0.05, 0) is 22.0 Å². The minimum absolute atomic E-state index is 0.130. The molecule has 6 heteroatoms. The summed E-state index contributed by atoms with van der Waals surface area (Å²) < 4.78 is 6.44. The van der Waals surface area contributed by atoms with E-state index in [1.807, 2.05) is 6.07 Å². The lowest BCUT2D eigenvalue weighted by molar-refractivity contribution is -0.139. The first-order valence-corrected chi connectivity index (χ1v) is 5.69. The molecule has 2 heterocycles. The molecule has 1 saturated heterocycles. The third-order valence-corrected chi connectivity index (χ3v) is 2.85. The van der Waals surface area contributed by atoms with Gasteiger partial charge in [0.1, 0.15) is 12.1 Å². The van der Waals surface area contributed by atoms with E-state index in [0.29, 0.717) is 18.8 Å². The second-order valence-electron chi connectivity index (χ2n) is 3.59. The van der Waals surface area contributed by atoms with Crippen LogP contribution >= 0.6 is 15.9 Å². The third kappa shape index (κ3) is 2.70. The molecule has 0 spiro atoms. The minimum Gasteiger partial charge on any atom is -0.480 e. The van der Waals surface area contributed by atoms with Gasteiger partial charge >= 0.3 is 5.97 Å². The summed E-state index contributed by atoms with van der Waals surface area (Å²) in [4.78, 5) is 14.8. The predicted molar refractivity (Wildman–Crippen MR) is 60.4 cm³/mol. The summed E-state index contributed by atoms with van der Waals surface area (Å²) in [7, 11) is 0. The summed E-state index contributed by atoms with van der Waals surface area (Å²) >= 11 is 3.28. The molecule has 0 saturated carbocycles. The molecule has 16 heavy (non-hydrogen) atoms. The van der Waals surface area contributed by atoms with Crippen LogP contribution < -0.4 is 10.1 Å². The summed E-state index contributed by atoms with van der Waals surface area (Å²) in [5, 5.41) is 11.7. The number of hydrogen-bond donors (Lipinski definition) is 2. The molecule has 1 aromatic rings. The van der Waals surface area contributed by atoms with E-state index in [0.717, 1.165) is 4.47 Å². The van der Waals surface area contributed by atoms with E-state index in [1.54, 1.807) is 12.3 Å². The first-order valence-electron chi connectivity index (χ1n) is 4.89. The van der Waals surface area contributed by atoms with Crippen molar-refractivity contribution in [3.8, 4) is 5.88 Å². The first kappa shape index (κ1) is 11.3. The van der Waals surface area contributed by atoms with Crippen molar-refractivity contribution in [3.05, 3.63) is 22.8 Å². The Hall–Kier alpha value is -1.14. The molecule has 2 unspecified atom stereocenters. The van der Waals surface area contributed by atoms with Crippen LogP contribution in [0.25, 0.3) is 0 Å². The molecule has 1 aliphatic rings. The lowest BCUT2D eigenvalue weighted by atomic mass is 10.2. The Morgan fingerprint density at radius 1 is 1.62 bits per heavy atom. The normalized spacial score (nSPS) is 24.3. The van der Waals surface area contributed by atoms with Crippen molar-refractivity contribution in [2.24, 2.45) is 0 Å². The van der Waals surface area contributed by atoms with Crippen molar-refractivity contribution >= 4 is 21.9 Å². The van der Waals surface area contributed by atoms with Crippen molar-refractivity contribution in [2.45, 2.75) is 18.6 Å². The maximum absolute atomic E-state index is 10.7. The number of carboxylic acids is 1. The highest BCUT2D eigenvalue weighted by Crippen LogP contribution is 2.17. The van der Waals surface area contributed by atoms with E-state index < -0.39 is 12.0 Å². The van der Waals surface area contributed by atoms with Crippen LogP contribution in [0, 0.1) is 0 Å². The number of hydrogen-bond acceptors (Lipinski definition) is 4. The number of aliphatic carboxylic acids is 1. The number of carboxylic acid groups (broad SMARTS) is 1. The number of halogens is 1. The standard InChI is InChI=1S/C10H11BrN2O3/c11-6-1-2-9(13-4-6)16-7-3-8(10(14)15)12-5-7/h1-2,4,7-8,12H,3,5H2,(H,14,15). The maximum atomic E-state index is 10.7. The molecule has 0 aliphatic carbocycles. The molecule has 1 aromatic heterocycles. The van der Waals surface area contributed by atoms with Crippen LogP contribution in [-0.4, -0.2) is 34.8 Å². The van der Waals surface area contributed by atoms with Gasteiger partial charge in [-0.2, -0.15) is 0 Å². The Morgan fingerprint density at radius 3 is 3.00 bits per heavy atom. The molecule has 1 fully saturated rings. The van der Waals surface area contributed by atoms with Gasteiger partial charge < -0.3 is 15.2 Å². The average Bonchev–Trinajstić information content (AvgIpc) is 2.70. The zero-order chi connectivity index (χ0) is 11.5. The van der Waals surface area contributed by atoms with Gasteiger partial charge in [-0.3, -0.25) is 4.79 Å². The number of ether oxygens (including phenoxy) is 1. The van der Waals surface area contributed by atoms with Gasteiger partial charge in [0.25, 0.3) is 0 Å². The predicted octanol–water partition coefficient (Wildman–Crippen LogP) is 1.04. The van der Waals surface area contributed by atoms with Crippen molar-refractivity contribution in [1.82, 2.24) is 10.3 Å². The quantitative estimate of drug-likeness (QED) is 0.869. The average molecular weight is 287 g/mol. The molecule has 0 bridgehead atoms. The van der Waals surface area contributed by atoms with Gasteiger partial charge in [-0.1, -0.05) is 0 Å². The summed E-state index contributed by atoms with van der Waals surface area (Å²) in [5.41, 5.74) is 0. The Morgan fingerprint density at radius 2 is 2.44 bits per heavy atom. The van der Waals surface area contributed by atoms with Gasteiger partial charge in [0.2, 0.25) is 5.88 Å². The Bertz CT molecular complexity index is 382. The van der Waals surface area contributed by atoms with Gasteiger partial charge in [0.05, 0.1) is 0 Å². The maximum Gasteiger partial charge on any atom is 0.320 e. The van der Waals surface area contributed by atoms with Crippen molar-refractivity contribution in [1.29, 1.82) is 0 Å². The summed E-state index contributed by atoms with van der Waals surface area (Å²) in [6, 6.07) is 3.07. The molecule has 0 amide bonds. The van der Waals surface area contributed by atoms with Gasteiger partial charge in [-0.25, -0.2) is 4.98 Å². The highest BCUT2D eigenvalue weighted by molar-refractivity contribution is 9.10. The summed E-state index contributed by atoms with van der Waals surface area (Å²) in [6.45, 7) is 0.536. The van der Waals surface area contributed by atoms with Crippen LogP contribution in [0.2, 0.25) is 0 Å². The Balaban J connectivity index is 1.92. The van der Waals surface area contributed by atoms with Crippen LogP contribution in [0.5, 0.6) is 5.88 Å². The van der Waals surface area contributed by atoms with Crippen LogP contribution in [-0.2, 0) is 4.79 Å². The molecular weight excluding hydrogens is 276 g/mol.